The lowest BCUT2D eigenvalue weighted by molar-refractivity contribution is 0.572. The van der Waals surface area contributed by atoms with Crippen molar-refractivity contribution in [1.82, 2.24) is 0 Å². The Morgan fingerprint density at radius 2 is 1.11 bits per heavy atom. The fraction of sp³-hybridized carbons (Fsp3) is 0.875. The van der Waals surface area contributed by atoms with E-state index in [4.69, 9.17) is 0 Å². The van der Waals surface area contributed by atoms with Gasteiger partial charge in [0.15, 0.2) is 0 Å². The summed E-state index contributed by atoms with van der Waals surface area (Å²) in [5, 5.41) is 8.47. The highest BCUT2D eigenvalue weighted by Crippen LogP contribution is 2.11. The second-order valence-electron chi connectivity index (χ2n) is 5.15. The van der Waals surface area contributed by atoms with Gasteiger partial charge in [0.05, 0.1) is 0 Å². The van der Waals surface area contributed by atoms with Gasteiger partial charge in [-0.15, -0.1) is 0 Å². The van der Waals surface area contributed by atoms with Crippen molar-refractivity contribution >= 4 is 12.4 Å². The Bertz CT molecular complexity index is 197. The highest BCUT2D eigenvalue weighted by Gasteiger charge is 2.02. The molecule has 2 heteroatoms. The fourth-order valence-electron chi connectivity index (χ4n) is 1.97. The van der Waals surface area contributed by atoms with Crippen LogP contribution in [0.15, 0.2) is 10.2 Å². The second kappa shape index (κ2) is 12.8. The molecule has 0 rings (SSSR count). The van der Waals surface area contributed by atoms with Crippen LogP contribution >= 0.6 is 0 Å². The van der Waals surface area contributed by atoms with Crippen LogP contribution in [0.1, 0.15) is 79.1 Å². The molecule has 106 valence electrons. The van der Waals surface area contributed by atoms with Crippen LogP contribution in [0.5, 0.6) is 0 Å². The molecule has 0 aromatic heterocycles. The van der Waals surface area contributed by atoms with Crippen molar-refractivity contribution in [2.24, 2.45) is 22.0 Å². The summed E-state index contributed by atoms with van der Waals surface area (Å²) in [5.41, 5.74) is 0. The van der Waals surface area contributed by atoms with E-state index in [1.54, 1.807) is 0 Å². The normalized spacial score (nSPS) is 15.6. The molecule has 0 aromatic rings. The first-order valence-electron chi connectivity index (χ1n) is 7.84. The van der Waals surface area contributed by atoms with Gasteiger partial charge < -0.3 is 0 Å². The highest BCUT2D eigenvalue weighted by atomic mass is 15.2. The first-order chi connectivity index (χ1) is 8.78. The first-order valence-corrected chi connectivity index (χ1v) is 7.84. The lowest BCUT2D eigenvalue weighted by Gasteiger charge is -2.07. The number of hydrogen-bond acceptors (Lipinski definition) is 2. The summed E-state index contributed by atoms with van der Waals surface area (Å²) in [5.74, 6) is 1.22. The maximum absolute atomic E-state index is 4.24. The zero-order valence-corrected chi connectivity index (χ0v) is 12.9. The van der Waals surface area contributed by atoms with Gasteiger partial charge in [-0.05, 0) is 37.5 Å². The lowest BCUT2D eigenvalue weighted by atomic mass is 10.0. The molecule has 2 nitrogen and oxygen atoms in total. The summed E-state index contributed by atoms with van der Waals surface area (Å²) >= 11 is 0. The van der Waals surface area contributed by atoms with Gasteiger partial charge >= 0.3 is 0 Å². The Balaban J connectivity index is 4.00. The smallest absolute Gasteiger partial charge is 0.0300 e. The number of rotatable bonds is 11. The molecule has 0 saturated heterocycles. The predicted octanol–water partition coefficient (Wildman–Crippen LogP) is 5.48. The molecule has 0 N–H and O–H groups in total. The van der Waals surface area contributed by atoms with E-state index in [-0.39, 0.29) is 0 Å². The average Bonchev–Trinajstić information content (AvgIpc) is 2.41. The van der Waals surface area contributed by atoms with E-state index in [0.717, 1.165) is 0 Å². The number of nitrogens with zero attached hydrogens (tertiary/aromatic N) is 2. The van der Waals surface area contributed by atoms with Crippen molar-refractivity contribution in [1.29, 1.82) is 0 Å². The number of unbranched alkanes of at least 4 members (excludes halogenated alkanes) is 2. The van der Waals surface area contributed by atoms with Crippen LogP contribution in [0.3, 0.4) is 0 Å². The van der Waals surface area contributed by atoms with Crippen molar-refractivity contribution in [3.63, 3.8) is 0 Å². The summed E-state index contributed by atoms with van der Waals surface area (Å²) in [6.07, 6.45) is 14.0. The van der Waals surface area contributed by atoms with Crippen LogP contribution in [0.2, 0.25) is 0 Å². The van der Waals surface area contributed by atoms with Crippen molar-refractivity contribution in [2.45, 2.75) is 79.1 Å². The Kier molecular flexibility index (Phi) is 12.3. The Morgan fingerprint density at radius 1 is 0.722 bits per heavy atom. The van der Waals surface area contributed by atoms with Crippen molar-refractivity contribution in [3.8, 4) is 0 Å². The summed E-state index contributed by atoms with van der Waals surface area (Å²) in [7, 11) is 0. The van der Waals surface area contributed by atoms with Crippen LogP contribution in [0, 0.1) is 11.8 Å². The molecule has 0 spiro atoms. The maximum atomic E-state index is 4.24. The Labute approximate surface area is 114 Å². The molecule has 0 aliphatic rings. The highest BCUT2D eigenvalue weighted by molar-refractivity contribution is 5.64. The van der Waals surface area contributed by atoms with Gasteiger partial charge in [-0.25, -0.2) is 0 Å². The molecule has 0 amide bonds. The van der Waals surface area contributed by atoms with E-state index < -0.39 is 0 Å². The minimum atomic E-state index is 0.609. The van der Waals surface area contributed by atoms with Gasteiger partial charge in [-0.2, -0.15) is 10.2 Å². The largest absolute Gasteiger partial charge is 0.164 e. The number of hydrogen-bond donors (Lipinski definition) is 0. The van der Waals surface area contributed by atoms with Crippen LogP contribution in [0.25, 0.3) is 0 Å². The molecule has 0 heterocycles. The molecule has 0 bridgehead atoms. The Morgan fingerprint density at radius 3 is 1.39 bits per heavy atom. The van der Waals surface area contributed by atoms with Gasteiger partial charge in [0.25, 0.3) is 0 Å². The molecule has 0 aliphatic heterocycles. The monoisotopic (exact) mass is 252 g/mol. The van der Waals surface area contributed by atoms with Crippen LogP contribution in [-0.2, 0) is 0 Å². The van der Waals surface area contributed by atoms with Crippen molar-refractivity contribution in [2.75, 3.05) is 0 Å². The van der Waals surface area contributed by atoms with Crippen LogP contribution < -0.4 is 0 Å². The van der Waals surface area contributed by atoms with Gasteiger partial charge in [0, 0.05) is 12.4 Å². The molecule has 18 heavy (non-hydrogen) atoms. The molecule has 0 fully saturated rings. The molecular weight excluding hydrogens is 220 g/mol. The maximum Gasteiger partial charge on any atom is 0.0300 e. The zero-order chi connectivity index (χ0) is 13.6. The van der Waals surface area contributed by atoms with E-state index in [1.807, 2.05) is 12.4 Å². The van der Waals surface area contributed by atoms with Gasteiger partial charge in [-0.3, -0.25) is 0 Å². The third-order valence-electron chi connectivity index (χ3n) is 3.53. The standard InChI is InChI=1S/C16H32N2/c1-5-9-11-15(7-3)13-17-18-14-16(8-4)12-10-6-2/h13-16H,5-12H2,1-4H3/b17-13-,18-14+/t15-,16+/m1/s1. The van der Waals surface area contributed by atoms with E-state index in [2.05, 4.69) is 37.9 Å². The predicted molar refractivity (Wildman–Crippen MR) is 83.6 cm³/mol. The quantitative estimate of drug-likeness (QED) is 0.344. The lowest BCUT2D eigenvalue weighted by Crippen LogP contribution is -2.01. The van der Waals surface area contributed by atoms with Crippen LogP contribution in [0.4, 0.5) is 0 Å². The molecule has 0 radical (unpaired) electrons. The SMILES string of the molecule is CCCC[C@H](/C=N\N=C\[C@@H](CC)CCCC)CC. The van der Waals surface area contributed by atoms with E-state index in [0.29, 0.717) is 11.8 Å². The van der Waals surface area contributed by atoms with Crippen LogP contribution in [-0.4, -0.2) is 12.4 Å². The van der Waals surface area contributed by atoms with Gasteiger partial charge in [-0.1, -0.05) is 53.4 Å². The third-order valence-corrected chi connectivity index (χ3v) is 3.53. The minimum Gasteiger partial charge on any atom is -0.164 e. The topological polar surface area (TPSA) is 24.7 Å². The fourth-order valence-corrected chi connectivity index (χ4v) is 1.97. The van der Waals surface area contributed by atoms with Gasteiger partial charge in [0.2, 0.25) is 0 Å². The summed E-state index contributed by atoms with van der Waals surface area (Å²) in [6, 6.07) is 0. The molecular formula is C16H32N2. The first kappa shape index (κ1) is 17.3. The van der Waals surface area contributed by atoms with E-state index in [9.17, 15) is 0 Å². The Hall–Kier alpha value is -0.660. The summed E-state index contributed by atoms with van der Waals surface area (Å²) in [4.78, 5) is 0. The van der Waals surface area contributed by atoms with Crippen molar-refractivity contribution in [3.05, 3.63) is 0 Å². The molecule has 0 saturated carbocycles. The zero-order valence-electron chi connectivity index (χ0n) is 12.9. The summed E-state index contributed by atoms with van der Waals surface area (Å²) < 4.78 is 0. The summed E-state index contributed by atoms with van der Waals surface area (Å²) in [6.45, 7) is 8.93. The van der Waals surface area contributed by atoms with Gasteiger partial charge in [0.1, 0.15) is 0 Å². The molecule has 0 unspecified atom stereocenters. The molecule has 2 atom stereocenters. The third kappa shape index (κ3) is 9.38. The van der Waals surface area contributed by atoms with Crippen molar-refractivity contribution < 1.29 is 0 Å². The second-order valence-corrected chi connectivity index (χ2v) is 5.15. The molecule has 0 aliphatic carbocycles. The average molecular weight is 252 g/mol. The molecule has 0 aromatic carbocycles. The minimum absolute atomic E-state index is 0.609. The van der Waals surface area contributed by atoms with E-state index >= 15 is 0 Å². The van der Waals surface area contributed by atoms with E-state index in [1.165, 1.54) is 51.4 Å².